The molecule has 3 nitrogen and oxygen atoms in total. The number of benzene rings is 1. The van der Waals surface area contributed by atoms with Gasteiger partial charge < -0.3 is 0 Å². The number of rotatable bonds is 2. The van der Waals surface area contributed by atoms with Gasteiger partial charge in [-0.25, -0.2) is 17.8 Å². The third-order valence-electron chi connectivity index (χ3n) is 2.11. The minimum Gasteiger partial charge on any atom is -0.249 e. The summed E-state index contributed by atoms with van der Waals surface area (Å²) in [6.45, 7) is 0. The van der Waals surface area contributed by atoms with Crippen LogP contribution in [0.25, 0.3) is 0 Å². The van der Waals surface area contributed by atoms with Crippen LogP contribution in [0.15, 0.2) is 57.0 Å². The number of halogens is 2. The largest absolute Gasteiger partial charge is 0.249 e. The molecule has 0 fully saturated rings. The molecule has 1 aromatic heterocycles. The zero-order chi connectivity index (χ0) is 12.5. The van der Waals surface area contributed by atoms with Gasteiger partial charge in [0.05, 0.1) is 9.79 Å². The Morgan fingerprint density at radius 3 is 2.47 bits per heavy atom. The molecule has 1 aromatic carbocycles. The summed E-state index contributed by atoms with van der Waals surface area (Å²) in [6.07, 6.45) is 1.37. The van der Waals surface area contributed by atoms with Gasteiger partial charge in [-0.05, 0) is 46.3 Å². The second kappa shape index (κ2) is 4.54. The Balaban J connectivity index is 2.58. The molecule has 0 N–H and O–H groups in total. The van der Waals surface area contributed by atoms with E-state index < -0.39 is 15.7 Å². The maximum Gasteiger partial charge on any atom is 0.206 e. The first-order chi connectivity index (χ1) is 8.00. The molecule has 88 valence electrons. The quantitative estimate of drug-likeness (QED) is 0.801. The fourth-order valence-electron chi connectivity index (χ4n) is 1.32. The average Bonchev–Trinajstić information content (AvgIpc) is 2.29. The van der Waals surface area contributed by atoms with Crippen LogP contribution in [0.5, 0.6) is 0 Å². The van der Waals surface area contributed by atoms with Crippen LogP contribution in [0.2, 0.25) is 0 Å². The van der Waals surface area contributed by atoms with E-state index in [1.807, 2.05) is 0 Å². The summed E-state index contributed by atoms with van der Waals surface area (Å²) in [5, 5.41) is 0. The van der Waals surface area contributed by atoms with Crippen LogP contribution in [0.1, 0.15) is 0 Å². The lowest BCUT2D eigenvalue weighted by atomic mass is 10.4. The topological polar surface area (TPSA) is 47.0 Å². The highest BCUT2D eigenvalue weighted by Gasteiger charge is 2.18. The van der Waals surface area contributed by atoms with Crippen molar-refractivity contribution < 1.29 is 12.8 Å². The molecule has 2 rings (SSSR count). The molecule has 0 aliphatic rings. The molecular weight excluding hydrogens is 309 g/mol. The second-order valence-corrected chi connectivity index (χ2v) is 6.04. The molecule has 2 aromatic rings. The maximum atomic E-state index is 13.0. The highest BCUT2D eigenvalue weighted by molar-refractivity contribution is 9.10. The zero-order valence-electron chi connectivity index (χ0n) is 8.47. The number of nitrogens with zero attached hydrogens (tertiary/aromatic N) is 1. The van der Waals surface area contributed by atoms with Crippen molar-refractivity contribution in [2.24, 2.45) is 0 Å². The molecule has 0 bridgehead atoms. The van der Waals surface area contributed by atoms with Crippen molar-refractivity contribution in [1.29, 1.82) is 0 Å². The fraction of sp³-hybridized carbons (Fsp3) is 0. The predicted molar refractivity (Wildman–Crippen MR) is 63.8 cm³/mol. The molecule has 0 spiro atoms. The monoisotopic (exact) mass is 315 g/mol. The predicted octanol–water partition coefficient (Wildman–Crippen LogP) is 2.82. The van der Waals surface area contributed by atoms with Crippen LogP contribution < -0.4 is 0 Å². The molecular formula is C11H7BrFNO2S. The van der Waals surface area contributed by atoms with Gasteiger partial charge in [-0.3, -0.25) is 0 Å². The third-order valence-corrected chi connectivity index (χ3v) is 4.30. The van der Waals surface area contributed by atoms with Crippen LogP contribution in [-0.4, -0.2) is 13.4 Å². The van der Waals surface area contributed by atoms with Gasteiger partial charge in [0.1, 0.15) is 10.4 Å². The first kappa shape index (κ1) is 12.2. The number of sulfone groups is 1. The van der Waals surface area contributed by atoms with E-state index in [-0.39, 0.29) is 9.79 Å². The van der Waals surface area contributed by atoms with E-state index in [4.69, 9.17) is 0 Å². The SMILES string of the molecule is O=S(=O)(c1cccc(F)c1)c1ccnc(Br)c1. The Morgan fingerprint density at radius 2 is 1.82 bits per heavy atom. The summed E-state index contributed by atoms with van der Waals surface area (Å²) >= 11 is 3.09. The smallest absolute Gasteiger partial charge is 0.206 e. The van der Waals surface area contributed by atoms with E-state index in [2.05, 4.69) is 20.9 Å². The maximum absolute atomic E-state index is 13.0. The van der Waals surface area contributed by atoms with Crippen molar-refractivity contribution in [1.82, 2.24) is 4.98 Å². The Bertz CT molecular complexity index is 607. The molecule has 0 saturated heterocycles. The molecule has 1 heterocycles. The summed E-state index contributed by atoms with van der Waals surface area (Å²) in [6, 6.07) is 7.64. The van der Waals surface area contributed by atoms with Crippen molar-refractivity contribution in [2.45, 2.75) is 9.79 Å². The Kier molecular flexibility index (Phi) is 3.26. The summed E-state index contributed by atoms with van der Waals surface area (Å²) in [5.74, 6) is -0.584. The fourth-order valence-corrected chi connectivity index (χ4v) is 3.14. The summed E-state index contributed by atoms with van der Waals surface area (Å²) < 4.78 is 37.7. The highest BCUT2D eigenvalue weighted by Crippen LogP contribution is 2.22. The number of hydrogen-bond acceptors (Lipinski definition) is 3. The average molecular weight is 316 g/mol. The molecule has 17 heavy (non-hydrogen) atoms. The second-order valence-electron chi connectivity index (χ2n) is 3.28. The molecule has 0 aliphatic carbocycles. The van der Waals surface area contributed by atoms with Crippen LogP contribution in [-0.2, 0) is 9.84 Å². The van der Waals surface area contributed by atoms with Crippen LogP contribution in [0.4, 0.5) is 4.39 Å². The lowest BCUT2D eigenvalue weighted by molar-refractivity contribution is 0.590. The Hall–Kier alpha value is -1.27. The molecule has 0 aliphatic heterocycles. The standard InChI is InChI=1S/C11H7BrFNO2S/c12-11-7-10(4-5-14-11)17(15,16)9-3-1-2-8(13)6-9/h1-7H. The van der Waals surface area contributed by atoms with Crippen molar-refractivity contribution >= 4 is 25.8 Å². The van der Waals surface area contributed by atoms with Crippen molar-refractivity contribution in [2.75, 3.05) is 0 Å². The van der Waals surface area contributed by atoms with Gasteiger partial charge in [0.15, 0.2) is 0 Å². The third kappa shape index (κ3) is 2.53. The van der Waals surface area contributed by atoms with Crippen LogP contribution in [0, 0.1) is 5.82 Å². The van der Waals surface area contributed by atoms with Gasteiger partial charge in [0.25, 0.3) is 0 Å². The number of aromatic nitrogens is 1. The molecule has 0 atom stereocenters. The van der Waals surface area contributed by atoms with E-state index >= 15 is 0 Å². The van der Waals surface area contributed by atoms with Gasteiger partial charge in [0.2, 0.25) is 9.84 Å². The minimum atomic E-state index is -3.69. The normalized spacial score (nSPS) is 11.4. The molecule has 0 saturated carbocycles. The van der Waals surface area contributed by atoms with E-state index in [0.717, 1.165) is 6.07 Å². The van der Waals surface area contributed by atoms with E-state index in [0.29, 0.717) is 4.60 Å². The van der Waals surface area contributed by atoms with E-state index in [1.165, 1.54) is 36.5 Å². The lowest BCUT2D eigenvalue weighted by Crippen LogP contribution is -2.02. The minimum absolute atomic E-state index is 0.0735. The molecule has 6 heteroatoms. The Morgan fingerprint density at radius 1 is 1.12 bits per heavy atom. The van der Waals surface area contributed by atoms with Gasteiger partial charge >= 0.3 is 0 Å². The number of pyridine rings is 1. The number of hydrogen-bond donors (Lipinski definition) is 0. The van der Waals surface area contributed by atoms with Gasteiger partial charge in [-0.15, -0.1) is 0 Å². The summed E-state index contributed by atoms with van der Waals surface area (Å²) in [5.41, 5.74) is 0. The van der Waals surface area contributed by atoms with Crippen LogP contribution >= 0.6 is 15.9 Å². The van der Waals surface area contributed by atoms with Crippen molar-refractivity contribution in [3.63, 3.8) is 0 Å². The van der Waals surface area contributed by atoms with E-state index in [1.54, 1.807) is 0 Å². The summed E-state index contributed by atoms with van der Waals surface area (Å²) in [4.78, 5) is 3.84. The van der Waals surface area contributed by atoms with E-state index in [9.17, 15) is 12.8 Å². The van der Waals surface area contributed by atoms with Crippen LogP contribution in [0.3, 0.4) is 0 Å². The van der Waals surface area contributed by atoms with Gasteiger partial charge in [-0.2, -0.15) is 0 Å². The Labute approximate surface area is 106 Å². The lowest BCUT2D eigenvalue weighted by Gasteiger charge is -2.04. The molecule has 0 radical (unpaired) electrons. The zero-order valence-corrected chi connectivity index (χ0v) is 10.9. The first-order valence-corrected chi connectivity index (χ1v) is 6.90. The highest BCUT2D eigenvalue weighted by atomic mass is 79.9. The van der Waals surface area contributed by atoms with Crippen molar-refractivity contribution in [3.05, 3.63) is 53.0 Å². The van der Waals surface area contributed by atoms with Gasteiger partial charge in [0, 0.05) is 6.20 Å². The molecule has 0 unspecified atom stereocenters. The summed E-state index contributed by atoms with van der Waals surface area (Å²) in [7, 11) is -3.69. The van der Waals surface area contributed by atoms with Gasteiger partial charge in [-0.1, -0.05) is 6.07 Å². The first-order valence-electron chi connectivity index (χ1n) is 4.62. The molecule has 0 amide bonds. The van der Waals surface area contributed by atoms with Crippen molar-refractivity contribution in [3.8, 4) is 0 Å².